The molecule has 0 radical (unpaired) electrons. The van der Waals surface area contributed by atoms with Gasteiger partial charge in [0.15, 0.2) is 0 Å². The van der Waals surface area contributed by atoms with Gasteiger partial charge in [-0.1, -0.05) is 13.3 Å². The average Bonchev–Trinajstić information content (AvgIpc) is 1.89. The molecule has 0 bridgehead atoms. The zero-order chi connectivity index (χ0) is 7.33. The van der Waals surface area contributed by atoms with E-state index >= 15 is 0 Å². The minimum Gasteiger partial charge on any atom is -0.303 e. The third-order valence-electron chi connectivity index (χ3n) is 1.55. The Bertz CT molecular complexity index is 119. The minimum absolute atomic E-state index is 0. The van der Waals surface area contributed by atoms with E-state index in [-0.39, 0.29) is 6.97 Å². The zero-order valence-corrected chi connectivity index (χ0v) is 6.36. The Morgan fingerprint density at radius 2 is 2.33 bits per heavy atom. The molecule has 54 valence electrons. The molecule has 0 rings (SSSR count). The maximum absolute atomic E-state index is 8.60. The Balaban J connectivity index is 0. The molecule has 0 aromatic heterocycles. The molecule has 0 heterocycles. The van der Waals surface area contributed by atoms with Crippen LogP contribution in [0.25, 0.3) is 0 Å². The van der Waals surface area contributed by atoms with Gasteiger partial charge in [0.2, 0.25) is 0 Å². The molecule has 0 aromatic carbocycles. The summed E-state index contributed by atoms with van der Waals surface area (Å²) in [5.74, 6) is 0. The van der Waals surface area contributed by atoms with Crippen LogP contribution >= 0.6 is 0 Å². The fourth-order valence-corrected chi connectivity index (χ4v) is 0.737. The van der Waals surface area contributed by atoms with Gasteiger partial charge in [-0.2, -0.15) is 5.26 Å². The molecule has 0 amide bonds. The lowest BCUT2D eigenvalue weighted by molar-refractivity contribution is 0.450. The lowest BCUT2D eigenvalue weighted by Gasteiger charge is -2.18. The molecule has 0 aliphatic heterocycles. The van der Waals surface area contributed by atoms with Gasteiger partial charge < -0.3 is 5.32 Å². The van der Waals surface area contributed by atoms with Crippen molar-refractivity contribution >= 4 is 0 Å². The molecule has 1 N–H and O–H groups in total. The summed E-state index contributed by atoms with van der Waals surface area (Å²) in [4.78, 5) is 0. The normalized spacial score (nSPS) is 16.2. The molecule has 0 fully saturated rings. The molecule has 0 spiro atoms. The topological polar surface area (TPSA) is 35.8 Å². The smallest absolute Gasteiger partial charge is 0.103 e. The lowest BCUT2D eigenvalue weighted by Crippen LogP contribution is -2.37. The van der Waals surface area contributed by atoms with E-state index in [0.717, 1.165) is 12.8 Å². The highest BCUT2D eigenvalue weighted by Crippen LogP contribution is 2.08. The summed E-state index contributed by atoms with van der Waals surface area (Å²) in [6.07, 6.45) is 1.96. The number of hydrogen-bond donors (Lipinski definition) is 1. The average molecular weight is 128 g/mol. The van der Waals surface area contributed by atoms with Gasteiger partial charge in [0.1, 0.15) is 5.54 Å². The summed E-state index contributed by atoms with van der Waals surface area (Å²) >= 11 is 0. The van der Waals surface area contributed by atoms with Gasteiger partial charge in [-0.25, -0.2) is 0 Å². The number of hydrogen-bond acceptors (Lipinski definition) is 2. The summed E-state index contributed by atoms with van der Waals surface area (Å²) < 4.78 is 0. The summed E-state index contributed by atoms with van der Waals surface area (Å²) in [5, 5.41) is 11.6. The van der Waals surface area contributed by atoms with E-state index in [1.807, 2.05) is 14.0 Å². The van der Waals surface area contributed by atoms with Crippen LogP contribution in [0.4, 0.5) is 0 Å². The molecule has 2 heteroatoms. The summed E-state index contributed by atoms with van der Waals surface area (Å²) in [6, 6.07) is 2.22. The first-order valence-electron chi connectivity index (χ1n) is 3.28. The third-order valence-corrected chi connectivity index (χ3v) is 1.55. The molecule has 2 nitrogen and oxygen atoms in total. The molecule has 9 heavy (non-hydrogen) atoms. The van der Waals surface area contributed by atoms with E-state index in [1.165, 1.54) is 0 Å². The van der Waals surface area contributed by atoms with Gasteiger partial charge in [-0.05, 0) is 20.4 Å². The van der Waals surface area contributed by atoms with E-state index in [9.17, 15) is 0 Å². The molecule has 0 aliphatic carbocycles. The quantitative estimate of drug-likeness (QED) is 0.625. The number of nitrogens with one attached hydrogen (secondary N) is 1. The van der Waals surface area contributed by atoms with E-state index in [1.54, 1.807) is 0 Å². The Morgan fingerprint density at radius 1 is 1.78 bits per heavy atom. The highest BCUT2D eigenvalue weighted by molar-refractivity contribution is 5.02. The number of rotatable bonds is 3. The summed E-state index contributed by atoms with van der Waals surface area (Å²) in [5.41, 5.74) is -0.311. The first kappa shape index (κ1) is 8.45. The highest BCUT2D eigenvalue weighted by Gasteiger charge is 2.18. The second-order valence-electron chi connectivity index (χ2n) is 2.44. The largest absolute Gasteiger partial charge is 0.303 e. The van der Waals surface area contributed by atoms with Gasteiger partial charge in [-0.3, -0.25) is 0 Å². The Kier molecular flexibility index (Phi) is 3.26. The maximum Gasteiger partial charge on any atom is 0.103 e. The second-order valence-corrected chi connectivity index (χ2v) is 2.44. The minimum atomic E-state index is -0.311. The van der Waals surface area contributed by atoms with Crippen LogP contribution in [0.5, 0.6) is 0 Å². The van der Waals surface area contributed by atoms with Gasteiger partial charge in [0.25, 0.3) is 0 Å². The van der Waals surface area contributed by atoms with Crippen molar-refractivity contribution in [3.05, 3.63) is 0 Å². The maximum atomic E-state index is 8.60. The molecule has 0 aromatic rings. The van der Waals surface area contributed by atoms with E-state index in [4.69, 9.17) is 5.26 Å². The van der Waals surface area contributed by atoms with Crippen molar-refractivity contribution in [3.8, 4) is 6.07 Å². The molecule has 0 saturated carbocycles. The van der Waals surface area contributed by atoms with Crippen molar-refractivity contribution in [3.63, 3.8) is 0 Å². The van der Waals surface area contributed by atoms with E-state index < -0.39 is 0 Å². The number of nitrogens with zero attached hydrogens (tertiary/aromatic N) is 1. The Labute approximate surface area is 58.4 Å². The van der Waals surface area contributed by atoms with Gasteiger partial charge >= 0.3 is 0 Å². The number of nitriles is 1. The highest BCUT2D eigenvalue weighted by atomic mass is 14.9. The van der Waals surface area contributed by atoms with E-state index in [2.05, 4.69) is 18.3 Å². The van der Waals surface area contributed by atoms with Crippen LogP contribution < -0.4 is 5.32 Å². The van der Waals surface area contributed by atoms with Crippen LogP contribution in [0.15, 0.2) is 0 Å². The third kappa shape index (κ3) is 2.48. The van der Waals surface area contributed by atoms with Gasteiger partial charge in [0.05, 0.1) is 6.07 Å². The van der Waals surface area contributed by atoms with E-state index in [0.29, 0.717) is 0 Å². The van der Waals surface area contributed by atoms with Crippen molar-refractivity contribution in [1.29, 1.82) is 5.26 Å². The first-order valence-corrected chi connectivity index (χ1v) is 3.28. The van der Waals surface area contributed by atoms with Gasteiger partial charge in [-0.15, -0.1) is 0 Å². The fraction of sp³-hybridized carbons (Fsp3) is 0.857. The molecule has 0 saturated heterocycles. The standard InChI is InChI=1S/C7H14N2.H2/c1-4-5-7(2,6-8)9-3;/h9H,4-5H2,1-3H3;1H. The second kappa shape index (κ2) is 3.47. The SMILES string of the molecule is CCCC(C)(C#N)NC.[HH]. The van der Waals surface area contributed by atoms with Crippen LogP contribution in [-0.2, 0) is 0 Å². The first-order chi connectivity index (χ1) is 4.18. The van der Waals surface area contributed by atoms with Crippen molar-refractivity contribution in [2.45, 2.75) is 32.2 Å². The van der Waals surface area contributed by atoms with Crippen LogP contribution in [0.2, 0.25) is 0 Å². The molecule has 1 unspecified atom stereocenters. The van der Waals surface area contributed by atoms with Crippen molar-refractivity contribution in [2.24, 2.45) is 0 Å². The fourth-order valence-electron chi connectivity index (χ4n) is 0.737. The predicted octanol–water partition coefficient (Wildman–Crippen LogP) is 1.53. The van der Waals surface area contributed by atoms with Crippen LogP contribution in [0.1, 0.15) is 28.1 Å². The van der Waals surface area contributed by atoms with Crippen molar-refractivity contribution in [1.82, 2.24) is 5.32 Å². The van der Waals surface area contributed by atoms with Gasteiger partial charge in [0, 0.05) is 1.43 Å². The Hall–Kier alpha value is -0.550. The predicted molar refractivity (Wildman–Crippen MR) is 40.1 cm³/mol. The summed E-state index contributed by atoms with van der Waals surface area (Å²) in [6.45, 7) is 3.99. The zero-order valence-electron chi connectivity index (χ0n) is 6.36. The molecule has 1 atom stereocenters. The van der Waals surface area contributed by atoms with Crippen LogP contribution in [0, 0.1) is 11.3 Å². The molecular formula is C7H16N2. The lowest BCUT2D eigenvalue weighted by atomic mass is 9.99. The molecule has 0 aliphatic rings. The Morgan fingerprint density at radius 3 is 2.44 bits per heavy atom. The van der Waals surface area contributed by atoms with Crippen LogP contribution in [0.3, 0.4) is 0 Å². The van der Waals surface area contributed by atoms with Crippen LogP contribution in [-0.4, -0.2) is 12.6 Å². The summed E-state index contributed by atoms with van der Waals surface area (Å²) in [7, 11) is 1.82. The van der Waals surface area contributed by atoms with Crippen molar-refractivity contribution in [2.75, 3.05) is 7.05 Å². The monoisotopic (exact) mass is 128 g/mol. The van der Waals surface area contributed by atoms with Crippen molar-refractivity contribution < 1.29 is 1.43 Å². The molecular weight excluding hydrogens is 112 g/mol.